The third-order valence-electron chi connectivity index (χ3n) is 4.55. The molecule has 0 atom stereocenters. The van der Waals surface area contributed by atoms with Crippen LogP contribution in [0.15, 0.2) is 79.0 Å². The van der Waals surface area contributed by atoms with Crippen molar-refractivity contribution < 1.29 is 9.53 Å². The van der Waals surface area contributed by atoms with Crippen LogP contribution in [-0.2, 0) is 7.05 Å². The number of nitrogens with zero attached hydrogens (tertiary/aromatic N) is 1. The lowest BCUT2D eigenvalue weighted by atomic mass is 10.0. The molecule has 1 heterocycles. The molecule has 0 aliphatic rings. The zero-order valence-electron chi connectivity index (χ0n) is 14.8. The van der Waals surface area contributed by atoms with E-state index in [2.05, 4.69) is 10.6 Å². The van der Waals surface area contributed by atoms with Crippen molar-refractivity contribution in [3.63, 3.8) is 0 Å². The molecule has 0 fully saturated rings. The standard InChI is InChI=1S/C23H19NO2/c1-16-6-8-17(9-7-16)23(25)18-10-12-19(13-11-18)26-22-5-3-4-21-20(22)14-15-24(21)2/h3-15H,1-2H3. The van der Waals surface area contributed by atoms with Crippen molar-refractivity contribution in [3.05, 3.63) is 95.7 Å². The quantitative estimate of drug-likeness (QED) is 0.458. The van der Waals surface area contributed by atoms with E-state index in [0.717, 1.165) is 22.2 Å². The lowest BCUT2D eigenvalue weighted by Gasteiger charge is -2.08. The number of rotatable bonds is 4. The number of aryl methyl sites for hydroxylation is 2. The van der Waals surface area contributed by atoms with Crippen LogP contribution in [0.1, 0.15) is 21.5 Å². The first-order valence-electron chi connectivity index (χ1n) is 8.55. The summed E-state index contributed by atoms with van der Waals surface area (Å²) in [5.41, 5.74) is 3.60. The SMILES string of the molecule is Cc1ccc(C(=O)c2ccc(Oc3cccc4c3ccn4C)cc2)cc1. The van der Waals surface area contributed by atoms with E-state index in [1.807, 2.05) is 86.9 Å². The molecule has 0 N–H and O–H groups in total. The fraction of sp³-hybridized carbons (Fsp3) is 0.0870. The second-order valence-electron chi connectivity index (χ2n) is 6.44. The molecule has 0 bridgehead atoms. The van der Waals surface area contributed by atoms with Gasteiger partial charge in [0.05, 0.1) is 5.52 Å². The summed E-state index contributed by atoms with van der Waals surface area (Å²) < 4.78 is 8.10. The summed E-state index contributed by atoms with van der Waals surface area (Å²) in [6.45, 7) is 2.01. The lowest BCUT2D eigenvalue weighted by Crippen LogP contribution is -2.00. The minimum Gasteiger partial charge on any atom is -0.457 e. The minimum absolute atomic E-state index is 0.0155. The highest BCUT2D eigenvalue weighted by molar-refractivity contribution is 6.09. The number of hydrogen-bond acceptors (Lipinski definition) is 2. The van der Waals surface area contributed by atoms with Gasteiger partial charge in [0, 0.05) is 29.8 Å². The maximum absolute atomic E-state index is 12.6. The van der Waals surface area contributed by atoms with Crippen molar-refractivity contribution in [3.8, 4) is 11.5 Å². The van der Waals surface area contributed by atoms with E-state index >= 15 is 0 Å². The minimum atomic E-state index is 0.0155. The summed E-state index contributed by atoms with van der Waals surface area (Å²) in [5, 5.41) is 1.06. The smallest absolute Gasteiger partial charge is 0.193 e. The molecule has 26 heavy (non-hydrogen) atoms. The highest BCUT2D eigenvalue weighted by atomic mass is 16.5. The van der Waals surface area contributed by atoms with E-state index < -0.39 is 0 Å². The molecule has 4 rings (SSSR count). The lowest BCUT2D eigenvalue weighted by molar-refractivity contribution is 0.103. The number of ether oxygens (including phenoxy) is 1. The van der Waals surface area contributed by atoms with Gasteiger partial charge in [-0.25, -0.2) is 0 Å². The number of carbonyl (C=O) groups excluding carboxylic acids is 1. The van der Waals surface area contributed by atoms with Crippen molar-refractivity contribution in [2.75, 3.05) is 0 Å². The van der Waals surface area contributed by atoms with Crippen LogP contribution in [0.4, 0.5) is 0 Å². The molecule has 128 valence electrons. The van der Waals surface area contributed by atoms with Crippen molar-refractivity contribution in [1.82, 2.24) is 4.57 Å². The van der Waals surface area contributed by atoms with Gasteiger partial charge in [-0.2, -0.15) is 0 Å². The summed E-state index contributed by atoms with van der Waals surface area (Å²) >= 11 is 0. The van der Waals surface area contributed by atoms with Gasteiger partial charge in [-0.15, -0.1) is 0 Å². The number of aromatic nitrogens is 1. The van der Waals surface area contributed by atoms with Gasteiger partial charge in [0.2, 0.25) is 0 Å². The highest BCUT2D eigenvalue weighted by Gasteiger charge is 2.10. The molecular weight excluding hydrogens is 322 g/mol. The Morgan fingerprint density at radius 2 is 1.50 bits per heavy atom. The van der Waals surface area contributed by atoms with Crippen LogP contribution >= 0.6 is 0 Å². The van der Waals surface area contributed by atoms with E-state index in [1.165, 1.54) is 0 Å². The summed E-state index contributed by atoms with van der Waals surface area (Å²) in [6.07, 6.45) is 2.01. The molecule has 3 aromatic carbocycles. The van der Waals surface area contributed by atoms with Gasteiger partial charge in [-0.05, 0) is 49.4 Å². The van der Waals surface area contributed by atoms with Gasteiger partial charge >= 0.3 is 0 Å². The van der Waals surface area contributed by atoms with E-state index in [1.54, 1.807) is 0 Å². The zero-order valence-corrected chi connectivity index (χ0v) is 14.8. The molecular formula is C23H19NO2. The average Bonchev–Trinajstić information content (AvgIpc) is 3.05. The molecule has 0 unspecified atom stereocenters. The highest BCUT2D eigenvalue weighted by Crippen LogP contribution is 2.30. The molecule has 1 aromatic heterocycles. The Bertz CT molecular complexity index is 1070. The van der Waals surface area contributed by atoms with Crippen LogP contribution in [-0.4, -0.2) is 10.4 Å². The molecule has 3 heteroatoms. The van der Waals surface area contributed by atoms with Crippen LogP contribution in [0, 0.1) is 6.92 Å². The van der Waals surface area contributed by atoms with E-state index in [0.29, 0.717) is 16.9 Å². The predicted octanol–water partition coefficient (Wildman–Crippen LogP) is 5.51. The fourth-order valence-corrected chi connectivity index (χ4v) is 3.04. The Balaban J connectivity index is 1.57. The van der Waals surface area contributed by atoms with E-state index in [4.69, 9.17) is 4.74 Å². The van der Waals surface area contributed by atoms with Gasteiger partial charge in [-0.3, -0.25) is 4.79 Å². The first-order valence-corrected chi connectivity index (χ1v) is 8.55. The number of benzene rings is 3. The number of hydrogen-bond donors (Lipinski definition) is 0. The molecule has 0 amide bonds. The Kier molecular flexibility index (Phi) is 4.05. The number of ketones is 1. The van der Waals surface area contributed by atoms with Gasteiger partial charge in [-0.1, -0.05) is 35.9 Å². The van der Waals surface area contributed by atoms with Crippen molar-refractivity contribution in [2.24, 2.45) is 7.05 Å². The van der Waals surface area contributed by atoms with Crippen molar-refractivity contribution >= 4 is 16.7 Å². The third-order valence-corrected chi connectivity index (χ3v) is 4.55. The fourth-order valence-electron chi connectivity index (χ4n) is 3.04. The maximum Gasteiger partial charge on any atom is 0.193 e. The molecule has 0 aliphatic carbocycles. The summed E-state index contributed by atoms with van der Waals surface area (Å²) in [5.74, 6) is 1.53. The Morgan fingerprint density at radius 3 is 2.19 bits per heavy atom. The van der Waals surface area contributed by atoms with Crippen molar-refractivity contribution in [2.45, 2.75) is 6.92 Å². The largest absolute Gasteiger partial charge is 0.457 e. The first kappa shape index (κ1) is 16.2. The Labute approximate surface area is 152 Å². The van der Waals surface area contributed by atoms with Crippen LogP contribution in [0.25, 0.3) is 10.9 Å². The molecule has 4 aromatic rings. The summed E-state index contributed by atoms with van der Waals surface area (Å²) in [4.78, 5) is 12.6. The average molecular weight is 341 g/mol. The van der Waals surface area contributed by atoms with Crippen LogP contribution in [0.5, 0.6) is 11.5 Å². The second kappa shape index (κ2) is 6.52. The Hall–Kier alpha value is -3.33. The summed E-state index contributed by atoms with van der Waals surface area (Å²) in [7, 11) is 2.01. The normalized spacial score (nSPS) is 10.8. The van der Waals surface area contributed by atoms with Crippen molar-refractivity contribution in [1.29, 1.82) is 0 Å². The Morgan fingerprint density at radius 1 is 0.846 bits per heavy atom. The van der Waals surface area contributed by atoms with Gasteiger partial charge in [0.25, 0.3) is 0 Å². The first-order chi connectivity index (χ1) is 12.6. The molecule has 0 aliphatic heterocycles. The van der Waals surface area contributed by atoms with Gasteiger partial charge in [0.15, 0.2) is 5.78 Å². The van der Waals surface area contributed by atoms with Crippen LogP contribution in [0.3, 0.4) is 0 Å². The topological polar surface area (TPSA) is 31.2 Å². The molecule has 0 spiro atoms. The van der Waals surface area contributed by atoms with E-state index in [9.17, 15) is 4.79 Å². The zero-order chi connectivity index (χ0) is 18.1. The van der Waals surface area contributed by atoms with Gasteiger partial charge < -0.3 is 9.30 Å². The molecule has 0 saturated heterocycles. The molecule has 0 radical (unpaired) electrons. The summed E-state index contributed by atoms with van der Waals surface area (Å²) in [6, 6.07) is 22.9. The number of fused-ring (bicyclic) bond motifs is 1. The number of carbonyl (C=O) groups is 1. The van der Waals surface area contributed by atoms with Crippen LogP contribution in [0.2, 0.25) is 0 Å². The van der Waals surface area contributed by atoms with Gasteiger partial charge in [0.1, 0.15) is 11.5 Å². The van der Waals surface area contributed by atoms with E-state index in [-0.39, 0.29) is 5.78 Å². The predicted molar refractivity (Wildman–Crippen MR) is 104 cm³/mol. The molecule has 0 saturated carbocycles. The third kappa shape index (κ3) is 3.00. The van der Waals surface area contributed by atoms with Crippen LogP contribution < -0.4 is 4.74 Å². The molecule has 3 nitrogen and oxygen atoms in total. The maximum atomic E-state index is 12.6. The second-order valence-corrected chi connectivity index (χ2v) is 6.44. The monoisotopic (exact) mass is 341 g/mol.